The molecule has 0 aliphatic heterocycles. The highest BCUT2D eigenvalue weighted by Gasteiger charge is 2.10. The van der Waals surface area contributed by atoms with E-state index in [2.05, 4.69) is 10.6 Å². The van der Waals surface area contributed by atoms with Crippen molar-refractivity contribution in [1.29, 1.82) is 0 Å². The summed E-state index contributed by atoms with van der Waals surface area (Å²) in [6.07, 6.45) is 1.72. The number of rotatable bonds is 7. The lowest BCUT2D eigenvalue weighted by Crippen LogP contribution is -2.16. The SMILES string of the molecule is CCc1ccc(NC(=O)c2ccc(F)cc2)cc1NC(=O)CCCN. The number of aryl methyl sites for hydroxylation is 1. The molecular weight excluding hydrogens is 321 g/mol. The van der Waals surface area contributed by atoms with Crippen LogP contribution in [0, 0.1) is 5.82 Å². The molecule has 0 aliphatic rings. The molecule has 0 spiro atoms. The minimum absolute atomic E-state index is 0.109. The fourth-order valence-corrected chi connectivity index (χ4v) is 2.36. The van der Waals surface area contributed by atoms with Crippen LogP contribution < -0.4 is 16.4 Å². The maximum Gasteiger partial charge on any atom is 0.255 e. The molecule has 4 N–H and O–H groups in total. The van der Waals surface area contributed by atoms with Crippen LogP contribution in [0.5, 0.6) is 0 Å². The van der Waals surface area contributed by atoms with Crippen molar-refractivity contribution in [1.82, 2.24) is 0 Å². The van der Waals surface area contributed by atoms with E-state index in [9.17, 15) is 14.0 Å². The third kappa shape index (κ3) is 5.39. The van der Waals surface area contributed by atoms with Gasteiger partial charge in [0.25, 0.3) is 5.91 Å². The molecular formula is C19H22FN3O2. The van der Waals surface area contributed by atoms with E-state index in [0.717, 1.165) is 12.0 Å². The molecule has 5 nitrogen and oxygen atoms in total. The molecule has 25 heavy (non-hydrogen) atoms. The van der Waals surface area contributed by atoms with Gasteiger partial charge in [0.2, 0.25) is 5.91 Å². The predicted octanol–water partition coefficient (Wildman–Crippen LogP) is 3.32. The molecule has 0 aromatic heterocycles. The monoisotopic (exact) mass is 343 g/mol. The summed E-state index contributed by atoms with van der Waals surface area (Å²) < 4.78 is 12.9. The lowest BCUT2D eigenvalue weighted by molar-refractivity contribution is -0.116. The summed E-state index contributed by atoms with van der Waals surface area (Å²) in [5.74, 6) is -0.849. The Kier molecular flexibility index (Phi) is 6.65. The quantitative estimate of drug-likeness (QED) is 0.721. The zero-order valence-corrected chi connectivity index (χ0v) is 14.1. The Morgan fingerprint density at radius 1 is 1.08 bits per heavy atom. The van der Waals surface area contributed by atoms with E-state index in [4.69, 9.17) is 5.73 Å². The molecule has 0 atom stereocenters. The fourth-order valence-electron chi connectivity index (χ4n) is 2.36. The Balaban J connectivity index is 2.13. The summed E-state index contributed by atoms with van der Waals surface area (Å²) in [5, 5.41) is 5.61. The minimum Gasteiger partial charge on any atom is -0.330 e. The number of amides is 2. The van der Waals surface area contributed by atoms with Crippen LogP contribution in [0.2, 0.25) is 0 Å². The average Bonchev–Trinajstić information content (AvgIpc) is 2.60. The average molecular weight is 343 g/mol. The number of nitrogens with one attached hydrogen (secondary N) is 2. The topological polar surface area (TPSA) is 84.2 Å². The maximum atomic E-state index is 12.9. The van der Waals surface area contributed by atoms with E-state index in [-0.39, 0.29) is 11.8 Å². The van der Waals surface area contributed by atoms with Crippen molar-refractivity contribution in [2.24, 2.45) is 5.73 Å². The molecule has 0 unspecified atom stereocenters. The van der Waals surface area contributed by atoms with E-state index >= 15 is 0 Å². The third-order valence-electron chi connectivity index (χ3n) is 3.74. The molecule has 2 aromatic rings. The maximum absolute atomic E-state index is 12.9. The number of carbonyl (C=O) groups excluding carboxylic acids is 2. The summed E-state index contributed by atoms with van der Waals surface area (Å²) >= 11 is 0. The first kappa shape index (κ1) is 18.6. The Bertz CT molecular complexity index is 745. The van der Waals surface area contributed by atoms with Crippen molar-refractivity contribution in [3.63, 3.8) is 0 Å². The van der Waals surface area contributed by atoms with Gasteiger partial charge in [0.05, 0.1) is 0 Å². The summed E-state index contributed by atoms with van der Waals surface area (Å²) in [4.78, 5) is 24.2. The smallest absolute Gasteiger partial charge is 0.255 e. The second-order valence-electron chi connectivity index (χ2n) is 5.63. The van der Waals surface area contributed by atoms with Crippen molar-refractivity contribution in [3.05, 3.63) is 59.4 Å². The number of benzene rings is 2. The molecule has 0 saturated carbocycles. The van der Waals surface area contributed by atoms with Gasteiger partial charge in [0.1, 0.15) is 5.82 Å². The van der Waals surface area contributed by atoms with Crippen LogP contribution in [0.1, 0.15) is 35.7 Å². The van der Waals surface area contributed by atoms with Gasteiger partial charge < -0.3 is 16.4 Å². The number of halogens is 1. The van der Waals surface area contributed by atoms with Crippen LogP contribution >= 0.6 is 0 Å². The van der Waals surface area contributed by atoms with E-state index in [1.165, 1.54) is 24.3 Å². The van der Waals surface area contributed by atoms with Gasteiger partial charge in [-0.15, -0.1) is 0 Å². The first-order valence-electron chi connectivity index (χ1n) is 8.23. The third-order valence-corrected chi connectivity index (χ3v) is 3.74. The predicted molar refractivity (Wildman–Crippen MR) is 97.1 cm³/mol. The Morgan fingerprint density at radius 2 is 1.80 bits per heavy atom. The largest absolute Gasteiger partial charge is 0.330 e. The van der Waals surface area contributed by atoms with Crippen LogP contribution in [0.4, 0.5) is 15.8 Å². The molecule has 6 heteroatoms. The van der Waals surface area contributed by atoms with E-state index in [1.807, 2.05) is 13.0 Å². The fraction of sp³-hybridized carbons (Fsp3) is 0.263. The number of nitrogens with two attached hydrogens (primary N) is 1. The highest BCUT2D eigenvalue weighted by atomic mass is 19.1. The van der Waals surface area contributed by atoms with Gasteiger partial charge in [0, 0.05) is 23.4 Å². The Morgan fingerprint density at radius 3 is 2.44 bits per heavy atom. The molecule has 0 aliphatic carbocycles. The van der Waals surface area contributed by atoms with Crippen molar-refractivity contribution in [2.75, 3.05) is 17.2 Å². The van der Waals surface area contributed by atoms with Crippen molar-refractivity contribution in [2.45, 2.75) is 26.2 Å². The minimum atomic E-state index is -0.397. The summed E-state index contributed by atoms with van der Waals surface area (Å²) in [6, 6.07) is 10.7. The van der Waals surface area contributed by atoms with E-state index < -0.39 is 5.82 Å². The zero-order valence-electron chi connectivity index (χ0n) is 14.1. The summed E-state index contributed by atoms with van der Waals surface area (Å²) in [7, 11) is 0. The van der Waals surface area contributed by atoms with Gasteiger partial charge in [0.15, 0.2) is 0 Å². The van der Waals surface area contributed by atoms with Crippen LogP contribution in [-0.2, 0) is 11.2 Å². The molecule has 0 radical (unpaired) electrons. The van der Waals surface area contributed by atoms with Crippen molar-refractivity contribution >= 4 is 23.2 Å². The van der Waals surface area contributed by atoms with Crippen LogP contribution in [0.25, 0.3) is 0 Å². The molecule has 0 bridgehead atoms. The van der Waals surface area contributed by atoms with Crippen LogP contribution in [-0.4, -0.2) is 18.4 Å². The molecule has 2 aromatic carbocycles. The van der Waals surface area contributed by atoms with E-state index in [0.29, 0.717) is 36.3 Å². The number of hydrogen-bond acceptors (Lipinski definition) is 3. The first-order chi connectivity index (χ1) is 12.0. The normalized spacial score (nSPS) is 10.4. The van der Waals surface area contributed by atoms with Gasteiger partial charge in [-0.1, -0.05) is 13.0 Å². The molecule has 0 heterocycles. The number of hydrogen-bond donors (Lipinski definition) is 3. The van der Waals surface area contributed by atoms with Crippen LogP contribution in [0.3, 0.4) is 0 Å². The first-order valence-corrected chi connectivity index (χ1v) is 8.23. The Labute approximate surface area is 146 Å². The summed E-state index contributed by atoms with van der Waals surface area (Å²) in [6.45, 7) is 2.45. The molecule has 2 rings (SSSR count). The molecule has 2 amide bonds. The standard InChI is InChI=1S/C19H22FN3O2/c1-2-13-7-10-16(12-17(13)23-18(24)4-3-11-21)22-19(25)14-5-8-15(20)9-6-14/h5-10,12H,2-4,11,21H2,1H3,(H,22,25)(H,23,24). The van der Waals surface area contributed by atoms with E-state index in [1.54, 1.807) is 12.1 Å². The molecule has 0 saturated heterocycles. The molecule has 132 valence electrons. The van der Waals surface area contributed by atoms with Crippen LogP contribution in [0.15, 0.2) is 42.5 Å². The Hall–Kier alpha value is -2.73. The van der Waals surface area contributed by atoms with Crippen molar-refractivity contribution < 1.29 is 14.0 Å². The summed E-state index contributed by atoms with van der Waals surface area (Å²) in [5.41, 5.74) is 7.97. The second-order valence-corrected chi connectivity index (χ2v) is 5.63. The lowest BCUT2D eigenvalue weighted by Gasteiger charge is -2.13. The van der Waals surface area contributed by atoms with Gasteiger partial charge in [-0.05, 0) is 61.3 Å². The van der Waals surface area contributed by atoms with Crippen molar-refractivity contribution in [3.8, 4) is 0 Å². The molecule has 0 fully saturated rings. The lowest BCUT2D eigenvalue weighted by atomic mass is 10.1. The van der Waals surface area contributed by atoms with Gasteiger partial charge in [-0.25, -0.2) is 4.39 Å². The van der Waals surface area contributed by atoms with Gasteiger partial charge in [-0.3, -0.25) is 9.59 Å². The number of carbonyl (C=O) groups is 2. The highest BCUT2D eigenvalue weighted by molar-refractivity contribution is 6.04. The van der Waals surface area contributed by atoms with Gasteiger partial charge >= 0.3 is 0 Å². The highest BCUT2D eigenvalue weighted by Crippen LogP contribution is 2.22. The zero-order chi connectivity index (χ0) is 18.2. The second kappa shape index (κ2) is 8.94. The van der Waals surface area contributed by atoms with Gasteiger partial charge in [-0.2, -0.15) is 0 Å². The number of anilines is 2.